The largest absolute Gasteiger partial charge is 0.381 e. The Kier molecular flexibility index (Phi) is 4.88. The zero-order chi connectivity index (χ0) is 17.8. The molecule has 0 atom stereocenters. The van der Waals surface area contributed by atoms with Gasteiger partial charge < -0.3 is 10.3 Å². The van der Waals surface area contributed by atoms with E-state index in [0.29, 0.717) is 12.5 Å². The Labute approximate surface area is 153 Å². The molecule has 3 nitrogen and oxygen atoms in total. The highest BCUT2D eigenvalue weighted by Crippen LogP contribution is 2.29. The van der Waals surface area contributed by atoms with Crippen LogP contribution >= 0.6 is 0 Å². The van der Waals surface area contributed by atoms with E-state index in [4.69, 9.17) is 0 Å². The van der Waals surface area contributed by atoms with Crippen molar-refractivity contribution in [2.45, 2.75) is 44.6 Å². The Balaban J connectivity index is 1.60. The summed E-state index contributed by atoms with van der Waals surface area (Å²) in [4.78, 5) is 7.66. The van der Waals surface area contributed by atoms with Gasteiger partial charge in [-0.2, -0.15) is 0 Å². The van der Waals surface area contributed by atoms with Crippen molar-refractivity contribution in [3.8, 4) is 11.8 Å². The first kappa shape index (κ1) is 16.7. The topological polar surface area (TPSA) is 40.7 Å². The summed E-state index contributed by atoms with van der Waals surface area (Å²) in [5.74, 6) is 6.25. The molecule has 4 rings (SSSR count). The Morgan fingerprint density at radius 3 is 2.73 bits per heavy atom. The van der Waals surface area contributed by atoms with Crippen LogP contribution in [0.5, 0.6) is 0 Å². The standard InChI is InChI=1S/C22H22FN3/c23-18-11-9-16(10-12-18)5-4-6-17-15-25-22-20(13-14-24-22)21(17)26-19-7-2-1-3-8-19/h9-15,19H,1-3,5,7-8H2,(H2,24,25,26). The number of pyridine rings is 1. The van der Waals surface area contributed by atoms with Crippen molar-refractivity contribution >= 4 is 16.7 Å². The van der Waals surface area contributed by atoms with E-state index in [1.54, 1.807) is 12.1 Å². The molecule has 3 aromatic rings. The summed E-state index contributed by atoms with van der Waals surface area (Å²) in [5, 5.41) is 4.81. The Morgan fingerprint density at radius 2 is 1.92 bits per heavy atom. The molecule has 4 heteroatoms. The van der Waals surface area contributed by atoms with E-state index in [1.165, 1.54) is 44.2 Å². The maximum atomic E-state index is 13.0. The van der Waals surface area contributed by atoms with Gasteiger partial charge in [0.05, 0.1) is 11.3 Å². The van der Waals surface area contributed by atoms with Gasteiger partial charge in [-0.15, -0.1) is 0 Å². The zero-order valence-corrected chi connectivity index (χ0v) is 14.7. The van der Waals surface area contributed by atoms with E-state index in [2.05, 4.69) is 33.2 Å². The molecule has 1 saturated carbocycles. The predicted octanol–water partition coefficient (Wildman–Crippen LogP) is 5.04. The molecule has 1 aromatic carbocycles. The van der Waals surface area contributed by atoms with Gasteiger partial charge in [0.1, 0.15) is 11.5 Å². The van der Waals surface area contributed by atoms with E-state index >= 15 is 0 Å². The summed E-state index contributed by atoms with van der Waals surface area (Å²) in [6.45, 7) is 0. The number of nitrogens with zero attached hydrogens (tertiary/aromatic N) is 1. The molecule has 2 N–H and O–H groups in total. The average Bonchev–Trinajstić information content (AvgIpc) is 3.15. The van der Waals surface area contributed by atoms with Crippen molar-refractivity contribution in [1.29, 1.82) is 0 Å². The molecule has 0 saturated heterocycles. The van der Waals surface area contributed by atoms with Gasteiger partial charge >= 0.3 is 0 Å². The second kappa shape index (κ2) is 7.61. The van der Waals surface area contributed by atoms with Gasteiger partial charge in [0, 0.05) is 30.2 Å². The van der Waals surface area contributed by atoms with Crippen LogP contribution in [0.4, 0.5) is 10.1 Å². The number of halogens is 1. The average molecular weight is 347 g/mol. The quantitative estimate of drug-likeness (QED) is 0.652. The van der Waals surface area contributed by atoms with Crippen molar-refractivity contribution in [1.82, 2.24) is 9.97 Å². The molecule has 0 spiro atoms. The maximum Gasteiger partial charge on any atom is 0.139 e. The van der Waals surface area contributed by atoms with Gasteiger partial charge in [0.25, 0.3) is 0 Å². The van der Waals surface area contributed by atoms with Gasteiger partial charge in [0.15, 0.2) is 0 Å². The van der Waals surface area contributed by atoms with E-state index < -0.39 is 0 Å². The summed E-state index contributed by atoms with van der Waals surface area (Å²) >= 11 is 0. The minimum Gasteiger partial charge on any atom is -0.381 e. The minimum absolute atomic E-state index is 0.220. The lowest BCUT2D eigenvalue weighted by molar-refractivity contribution is 0.463. The van der Waals surface area contributed by atoms with Crippen molar-refractivity contribution in [2.24, 2.45) is 0 Å². The zero-order valence-electron chi connectivity index (χ0n) is 14.7. The third-order valence-corrected chi connectivity index (χ3v) is 4.97. The number of fused-ring (bicyclic) bond motifs is 1. The molecule has 2 aromatic heterocycles. The molecule has 1 fully saturated rings. The smallest absolute Gasteiger partial charge is 0.139 e. The number of rotatable bonds is 3. The molecule has 0 radical (unpaired) electrons. The molecule has 132 valence electrons. The molecule has 26 heavy (non-hydrogen) atoms. The van der Waals surface area contributed by atoms with E-state index in [9.17, 15) is 4.39 Å². The molecule has 0 unspecified atom stereocenters. The number of anilines is 1. The predicted molar refractivity (Wildman–Crippen MR) is 104 cm³/mol. The number of H-pyrrole nitrogens is 1. The minimum atomic E-state index is -0.220. The van der Waals surface area contributed by atoms with E-state index in [0.717, 1.165) is 27.8 Å². The summed E-state index contributed by atoms with van der Waals surface area (Å²) < 4.78 is 13.0. The van der Waals surface area contributed by atoms with Crippen LogP contribution in [0, 0.1) is 17.7 Å². The molecule has 0 bridgehead atoms. The van der Waals surface area contributed by atoms with Crippen LogP contribution in [-0.2, 0) is 6.42 Å². The number of nitrogens with one attached hydrogen (secondary N) is 2. The summed E-state index contributed by atoms with van der Waals surface area (Å²) in [5.41, 5.74) is 3.89. The summed E-state index contributed by atoms with van der Waals surface area (Å²) in [7, 11) is 0. The van der Waals surface area contributed by atoms with Gasteiger partial charge in [0.2, 0.25) is 0 Å². The second-order valence-corrected chi connectivity index (χ2v) is 6.87. The third-order valence-electron chi connectivity index (χ3n) is 4.97. The number of aromatic nitrogens is 2. The van der Waals surface area contributed by atoms with Gasteiger partial charge in [-0.3, -0.25) is 0 Å². The van der Waals surface area contributed by atoms with Crippen LogP contribution in [0.15, 0.2) is 42.7 Å². The number of hydrogen-bond acceptors (Lipinski definition) is 2. The summed E-state index contributed by atoms with van der Waals surface area (Å²) in [6, 6.07) is 9.05. The van der Waals surface area contributed by atoms with Crippen LogP contribution in [0.1, 0.15) is 43.2 Å². The molecule has 0 amide bonds. The lowest BCUT2D eigenvalue weighted by Crippen LogP contribution is -2.22. The first-order chi connectivity index (χ1) is 12.8. The van der Waals surface area contributed by atoms with Crippen LogP contribution in [0.2, 0.25) is 0 Å². The van der Waals surface area contributed by atoms with Gasteiger partial charge in [-0.05, 0) is 36.6 Å². The number of aromatic amines is 1. The first-order valence-corrected chi connectivity index (χ1v) is 9.25. The number of hydrogen-bond donors (Lipinski definition) is 2. The normalized spacial score (nSPS) is 14.8. The van der Waals surface area contributed by atoms with E-state index in [-0.39, 0.29) is 5.82 Å². The van der Waals surface area contributed by atoms with E-state index in [1.807, 2.05) is 12.4 Å². The highest BCUT2D eigenvalue weighted by atomic mass is 19.1. The Hall–Kier alpha value is -2.80. The van der Waals surface area contributed by atoms with Crippen LogP contribution in [-0.4, -0.2) is 16.0 Å². The number of benzene rings is 1. The molecule has 0 aliphatic heterocycles. The Bertz CT molecular complexity index is 941. The molecular weight excluding hydrogens is 325 g/mol. The van der Waals surface area contributed by atoms with Crippen molar-refractivity contribution in [2.75, 3.05) is 5.32 Å². The van der Waals surface area contributed by atoms with Crippen molar-refractivity contribution in [3.63, 3.8) is 0 Å². The van der Waals surface area contributed by atoms with Gasteiger partial charge in [-0.1, -0.05) is 43.2 Å². The fourth-order valence-electron chi connectivity index (χ4n) is 3.55. The highest BCUT2D eigenvalue weighted by Gasteiger charge is 2.16. The molecule has 2 heterocycles. The molecule has 1 aliphatic carbocycles. The first-order valence-electron chi connectivity index (χ1n) is 9.25. The highest BCUT2D eigenvalue weighted by molar-refractivity contribution is 5.92. The lowest BCUT2D eigenvalue weighted by Gasteiger charge is -2.24. The third kappa shape index (κ3) is 3.72. The van der Waals surface area contributed by atoms with Crippen LogP contribution < -0.4 is 5.32 Å². The SMILES string of the molecule is Fc1ccc(CC#Cc2cnc3[nH]ccc3c2NC2CCCCC2)cc1. The van der Waals surface area contributed by atoms with Crippen molar-refractivity contribution in [3.05, 3.63) is 59.7 Å². The summed E-state index contributed by atoms with van der Waals surface area (Å²) in [6.07, 6.45) is 10.6. The van der Waals surface area contributed by atoms with Crippen LogP contribution in [0.25, 0.3) is 11.0 Å². The van der Waals surface area contributed by atoms with Crippen LogP contribution in [0.3, 0.4) is 0 Å². The lowest BCUT2D eigenvalue weighted by atomic mass is 9.95. The fourth-order valence-corrected chi connectivity index (χ4v) is 3.55. The van der Waals surface area contributed by atoms with Gasteiger partial charge in [-0.25, -0.2) is 9.37 Å². The molecule has 1 aliphatic rings. The Morgan fingerprint density at radius 1 is 1.12 bits per heavy atom. The maximum absolute atomic E-state index is 13.0. The monoisotopic (exact) mass is 347 g/mol. The van der Waals surface area contributed by atoms with Crippen molar-refractivity contribution < 1.29 is 4.39 Å². The fraction of sp³-hybridized carbons (Fsp3) is 0.318. The second-order valence-electron chi connectivity index (χ2n) is 6.87. The molecular formula is C22H22FN3.